The molecule has 11 rings (SSSR count). The summed E-state index contributed by atoms with van der Waals surface area (Å²) in [5, 5.41) is 34.2. The average Bonchev–Trinajstić information content (AvgIpc) is 4.11. The van der Waals surface area contributed by atoms with Gasteiger partial charge in [0.05, 0.1) is 23.2 Å². The number of nitrogen functional groups attached to an aromatic ring is 1. The number of likely N-dealkylation sites (tertiary alicyclic amines) is 2. The molecule has 3 aliphatic heterocycles. The summed E-state index contributed by atoms with van der Waals surface area (Å²) in [5.41, 5.74) is 14.4. The number of hydrogen-bond donors (Lipinski definition) is 4. The molecule has 1 spiro atoms. The number of aliphatic hydroxyl groups excluding tert-OH is 1. The number of nitrogens with two attached hydrogens (primary N) is 1. The predicted molar refractivity (Wildman–Crippen MR) is 286 cm³/mol. The molecule has 5 fully saturated rings. The number of aromatic nitrogens is 5. The van der Waals surface area contributed by atoms with Gasteiger partial charge in [0.25, 0.3) is 5.91 Å². The average molecular weight is 1030 g/mol. The van der Waals surface area contributed by atoms with Crippen LogP contribution >= 0.6 is 0 Å². The number of carbonyl (C=O) groups excluding carboxylic acids is 2. The summed E-state index contributed by atoms with van der Waals surface area (Å²) < 4.78 is 20.2. The third-order valence-electron chi connectivity index (χ3n) is 17.1. The van der Waals surface area contributed by atoms with Gasteiger partial charge in [0, 0.05) is 79.7 Å². The van der Waals surface area contributed by atoms with Gasteiger partial charge >= 0.3 is 0 Å². The van der Waals surface area contributed by atoms with Crippen molar-refractivity contribution < 1.29 is 33.6 Å². The number of halogens is 1. The maximum absolute atomic E-state index is 14.3. The van der Waals surface area contributed by atoms with Crippen molar-refractivity contribution in [3.8, 4) is 33.9 Å². The largest absolute Gasteiger partial charge is 0.507 e. The molecule has 6 aromatic rings. The van der Waals surface area contributed by atoms with Crippen LogP contribution in [-0.2, 0) is 9.59 Å². The molecule has 76 heavy (non-hydrogen) atoms. The van der Waals surface area contributed by atoms with Crippen LogP contribution in [0.1, 0.15) is 114 Å². The fourth-order valence-corrected chi connectivity index (χ4v) is 13.0. The van der Waals surface area contributed by atoms with E-state index >= 15 is 0 Å². The Labute approximate surface area is 442 Å². The Kier molecular flexibility index (Phi) is 14.1. The van der Waals surface area contributed by atoms with Crippen LogP contribution in [-0.4, -0.2) is 120 Å². The number of phenols is 1. The number of phenolic OH excluding ortho intramolecular Hbond substituents is 1. The van der Waals surface area contributed by atoms with Gasteiger partial charge in [0.15, 0.2) is 11.6 Å². The smallest absolute Gasteiger partial charge is 0.275 e. The van der Waals surface area contributed by atoms with Crippen molar-refractivity contribution in [1.29, 1.82) is 0 Å². The first-order valence-corrected chi connectivity index (χ1v) is 27.0. The number of rotatable bonds is 14. The van der Waals surface area contributed by atoms with E-state index in [4.69, 9.17) is 25.1 Å². The first-order valence-electron chi connectivity index (χ1n) is 27.0. The maximum atomic E-state index is 14.3. The Balaban J connectivity index is 0.642. The Morgan fingerprint density at radius 1 is 0.908 bits per heavy atom. The summed E-state index contributed by atoms with van der Waals surface area (Å²) in [6, 6.07) is 24.0. The summed E-state index contributed by atoms with van der Waals surface area (Å²) >= 11 is 0. The van der Waals surface area contributed by atoms with E-state index in [0.29, 0.717) is 63.6 Å². The lowest BCUT2D eigenvalue weighted by atomic mass is 9.49. The summed E-state index contributed by atoms with van der Waals surface area (Å²) in [6.07, 6.45) is 10.8. The third kappa shape index (κ3) is 10.0. The van der Waals surface area contributed by atoms with Crippen LogP contribution in [0, 0.1) is 17.2 Å². The zero-order valence-corrected chi connectivity index (χ0v) is 43.6. The minimum absolute atomic E-state index is 0.0121. The molecule has 3 saturated heterocycles. The van der Waals surface area contributed by atoms with E-state index in [0.717, 1.165) is 69.1 Å². The number of carbonyl (C=O) groups is 2. The number of nitrogens with one attached hydrogen (secondary N) is 1. The molecule has 0 bridgehead atoms. The van der Waals surface area contributed by atoms with Gasteiger partial charge in [-0.15, -0.1) is 10.2 Å². The van der Waals surface area contributed by atoms with Crippen LogP contribution in [0.3, 0.4) is 0 Å². The lowest BCUT2D eigenvalue weighted by Crippen LogP contribution is -2.58. The van der Waals surface area contributed by atoms with Gasteiger partial charge in [-0.25, -0.2) is 14.4 Å². The van der Waals surface area contributed by atoms with Gasteiger partial charge in [0.2, 0.25) is 11.9 Å². The van der Waals surface area contributed by atoms with Crippen LogP contribution in [0.15, 0.2) is 102 Å². The Morgan fingerprint density at radius 3 is 2.32 bits per heavy atom. The van der Waals surface area contributed by atoms with Gasteiger partial charge in [0.1, 0.15) is 29.3 Å². The molecule has 5 aliphatic rings. The molecule has 2 aliphatic carbocycles. The summed E-state index contributed by atoms with van der Waals surface area (Å²) in [4.78, 5) is 52.1. The second-order valence-corrected chi connectivity index (χ2v) is 22.4. The summed E-state index contributed by atoms with van der Waals surface area (Å²) in [5.74, 6) is 0.714. The number of piperazine rings is 1. The number of hydroxylamine groups is 1. The van der Waals surface area contributed by atoms with E-state index in [9.17, 15) is 24.2 Å². The van der Waals surface area contributed by atoms with Crippen molar-refractivity contribution in [2.75, 3.05) is 48.3 Å². The van der Waals surface area contributed by atoms with Crippen molar-refractivity contribution >= 4 is 29.3 Å². The minimum atomic E-state index is -0.946. The number of para-hydroxylation sites is 1. The molecule has 6 heterocycles. The highest BCUT2D eigenvalue weighted by molar-refractivity contribution is 5.91. The molecule has 18 heteroatoms. The van der Waals surface area contributed by atoms with Gasteiger partial charge < -0.3 is 44.9 Å². The normalized spacial score (nSPS) is 25.3. The molecule has 0 radical (unpaired) electrons. The molecular weight excluding hydrogens is 966 g/mol. The van der Waals surface area contributed by atoms with Gasteiger partial charge in [-0.2, -0.15) is 5.48 Å². The number of β-amino-alcohol motifs (C(OH)–C–C–N with tert-alkyl or cyclic N) is 1. The maximum Gasteiger partial charge on any atom is 0.275 e. The van der Waals surface area contributed by atoms with Crippen molar-refractivity contribution in [3.63, 3.8) is 0 Å². The number of nitrogens with zero attached hydrogens (tertiary/aromatic N) is 9. The molecule has 398 valence electrons. The van der Waals surface area contributed by atoms with Crippen LogP contribution < -0.4 is 25.9 Å². The van der Waals surface area contributed by atoms with Crippen LogP contribution in [0.4, 0.5) is 21.8 Å². The molecule has 2 amide bonds. The number of piperidine rings is 1. The second kappa shape index (κ2) is 21.1. The first-order chi connectivity index (χ1) is 36.7. The van der Waals surface area contributed by atoms with Crippen LogP contribution in [0.5, 0.6) is 11.5 Å². The van der Waals surface area contributed by atoms with E-state index in [1.807, 2.05) is 50.5 Å². The number of hydrogen-bond acceptors (Lipinski definition) is 15. The lowest BCUT2D eigenvalue weighted by molar-refractivity contribution is -0.143. The highest BCUT2D eigenvalue weighted by atomic mass is 19.1. The van der Waals surface area contributed by atoms with E-state index in [1.165, 1.54) is 29.4 Å². The quantitative estimate of drug-likeness (QED) is 0.0757. The van der Waals surface area contributed by atoms with Crippen molar-refractivity contribution in [1.82, 2.24) is 40.6 Å². The van der Waals surface area contributed by atoms with Crippen molar-refractivity contribution in [2.24, 2.45) is 11.3 Å². The van der Waals surface area contributed by atoms with Crippen molar-refractivity contribution in [2.45, 2.75) is 127 Å². The van der Waals surface area contributed by atoms with Crippen LogP contribution in [0.25, 0.3) is 22.4 Å². The molecule has 5 atom stereocenters. The molecular formula is C58H68FN11O6. The van der Waals surface area contributed by atoms with E-state index in [-0.39, 0.29) is 54.4 Å². The summed E-state index contributed by atoms with van der Waals surface area (Å²) in [7, 11) is 0. The lowest BCUT2D eigenvalue weighted by Gasteiger charge is -2.60. The fraction of sp³-hybridized carbons (Fsp3) is 0.466. The number of aromatic hydroxyl groups is 1. The van der Waals surface area contributed by atoms with Gasteiger partial charge in [-0.05, 0) is 130 Å². The van der Waals surface area contributed by atoms with Gasteiger partial charge in [-0.3, -0.25) is 9.59 Å². The summed E-state index contributed by atoms with van der Waals surface area (Å²) in [6.45, 7) is 11.8. The molecule has 17 nitrogen and oxygen atoms in total. The molecule has 5 N–H and O–H groups in total. The topological polar surface area (TPSA) is 212 Å². The number of anilines is 3. The number of aliphatic hydroxyl groups is 1. The highest BCUT2D eigenvalue weighted by Gasteiger charge is 2.55. The second-order valence-electron chi connectivity index (χ2n) is 22.4. The number of benzene rings is 3. The Hall–Kier alpha value is -7.18. The molecule has 3 aromatic carbocycles. The fourth-order valence-electron chi connectivity index (χ4n) is 13.0. The van der Waals surface area contributed by atoms with E-state index in [2.05, 4.69) is 49.4 Å². The Bertz CT molecular complexity index is 3030. The zero-order valence-electron chi connectivity index (χ0n) is 43.6. The van der Waals surface area contributed by atoms with E-state index < -0.39 is 24.0 Å². The number of amides is 2. The predicted octanol–water partition coefficient (Wildman–Crippen LogP) is 8.23. The zero-order chi connectivity index (χ0) is 52.8. The third-order valence-corrected chi connectivity index (χ3v) is 17.1. The Morgan fingerprint density at radius 2 is 1.62 bits per heavy atom. The molecule has 3 aromatic heterocycles. The monoisotopic (exact) mass is 1030 g/mol. The first kappa shape index (κ1) is 51.0. The SMILES string of the molecule is CCC1CN(c2cc(-c3ccccc3O)nnc2N)CC(C)N1c1ncc(C2CCN(C3CC4(CC(c5cc([C@H](C(=O)N6C[C@H](O)C[C@H]6C(=O)NOc6ccc(-c7ccccc7F)cc6)C(C)C)on5)C4)C3)CC2)cn1. The standard InChI is InChI=1S/C58H68FN11O6/c1-5-40-32-68(49-23-48(63-64-54(49)60)45-11-7-9-13-51(45)72)31-35(4)70(40)57-61-29-39(30-62-57)36-18-20-67(21-19-36)41-27-58(28-41)25-38(26-58)47-24-52(76-65-47)53(34(2)3)56(74)69-33-42(71)22-50(69)55(73)66-75-43-16-14-37(15-17-43)44-10-6-8-12-46(44)59/h6-17,23-24,29-30,34-36,38,40-42,50,53,71-72H,5,18-22,25-28,31-33H2,1-4H3,(H2,60,64)(H,66,73)/t35?,38?,40?,41?,42-,50+,53-,58?/m1/s1. The van der Waals surface area contributed by atoms with Gasteiger partial charge in [-0.1, -0.05) is 68.4 Å². The minimum Gasteiger partial charge on any atom is -0.507 e. The van der Waals surface area contributed by atoms with Crippen LogP contribution in [0.2, 0.25) is 0 Å². The van der Waals surface area contributed by atoms with Crippen molar-refractivity contribution in [3.05, 3.63) is 120 Å². The van der Waals surface area contributed by atoms with E-state index in [1.54, 1.807) is 54.6 Å². The highest BCUT2D eigenvalue weighted by Crippen LogP contribution is 2.63. The molecule has 2 saturated carbocycles. The molecule has 2 unspecified atom stereocenters.